The van der Waals surface area contributed by atoms with Gasteiger partial charge in [0.25, 0.3) is 0 Å². The molecule has 0 spiro atoms. The van der Waals surface area contributed by atoms with Crippen molar-refractivity contribution in [2.75, 3.05) is 0 Å². The van der Waals surface area contributed by atoms with E-state index in [0.717, 1.165) is 15.6 Å². The number of hydrogen-bond donors (Lipinski definition) is 0. The Morgan fingerprint density at radius 2 is 1.31 bits per heavy atom. The first-order valence-corrected chi connectivity index (χ1v) is 9.55. The highest BCUT2D eigenvalue weighted by molar-refractivity contribution is 9.10. The monoisotopic (exact) mass is 439 g/mol. The predicted molar refractivity (Wildman–Crippen MR) is 114 cm³/mol. The molecular weight excluding hydrogens is 426 g/mol. The van der Waals surface area contributed by atoms with E-state index in [1.54, 1.807) is 4.57 Å². The molecule has 1 aromatic heterocycles. The smallest absolute Gasteiger partial charge is 0.153 e. The summed E-state index contributed by atoms with van der Waals surface area (Å²) < 4.78 is 2.52. The molecule has 0 aliphatic rings. The Labute approximate surface area is 176 Å². The number of benzene rings is 2. The van der Waals surface area contributed by atoms with Gasteiger partial charge in [0.1, 0.15) is 24.3 Å². The SMILES string of the molecule is CC(C)n1c(=C(C#N)C#N)c2cc(Br)c(-c3ccccc3)cc2c1=C(C#N)C#N. The molecule has 6 heteroatoms. The molecule has 0 saturated carbocycles. The lowest BCUT2D eigenvalue weighted by Gasteiger charge is -2.09. The molecule has 3 rings (SSSR count). The number of halogens is 1. The van der Waals surface area contributed by atoms with Gasteiger partial charge in [0.15, 0.2) is 11.1 Å². The summed E-state index contributed by atoms with van der Waals surface area (Å²) in [6.07, 6.45) is 0. The number of rotatable bonds is 2. The summed E-state index contributed by atoms with van der Waals surface area (Å²) in [6, 6.07) is 21.1. The fourth-order valence-corrected chi connectivity index (χ4v) is 4.04. The highest BCUT2D eigenvalue weighted by Gasteiger charge is 2.19. The van der Waals surface area contributed by atoms with Crippen molar-refractivity contribution < 1.29 is 0 Å². The Bertz CT molecular complexity index is 1380. The molecule has 29 heavy (non-hydrogen) atoms. The first kappa shape index (κ1) is 19.9. The van der Waals surface area contributed by atoms with Crippen molar-refractivity contribution in [3.05, 3.63) is 57.6 Å². The van der Waals surface area contributed by atoms with Crippen LogP contribution in [0.2, 0.25) is 0 Å². The topological polar surface area (TPSA) is 100 Å². The number of fused-ring (bicyclic) bond motifs is 1. The summed E-state index contributed by atoms with van der Waals surface area (Å²) in [5.74, 6) is 0. The molecule has 0 amide bonds. The van der Waals surface area contributed by atoms with Crippen LogP contribution in [0, 0.1) is 45.3 Å². The second kappa shape index (κ2) is 8.04. The zero-order valence-electron chi connectivity index (χ0n) is 15.7. The average Bonchev–Trinajstić information content (AvgIpc) is 3.04. The Morgan fingerprint density at radius 3 is 1.76 bits per heavy atom. The fourth-order valence-electron chi connectivity index (χ4n) is 3.46. The van der Waals surface area contributed by atoms with Crippen molar-refractivity contribution in [3.8, 4) is 35.4 Å². The Morgan fingerprint density at radius 1 is 0.828 bits per heavy atom. The van der Waals surface area contributed by atoms with Crippen LogP contribution in [-0.2, 0) is 0 Å². The van der Waals surface area contributed by atoms with E-state index in [9.17, 15) is 21.0 Å². The number of hydrogen-bond acceptors (Lipinski definition) is 4. The first-order valence-electron chi connectivity index (χ1n) is 8.76. The lowest BCUT2D eigenvalue weighted by Crippen LogP contribution is -2.31. The Balaban J connectivity index is 2.74. The largest absolute Gasteiger partial charge is 0.335 e. The van der Waals surface area contributed by atoms with Gasteiger partial charge < -0.3 is 4.57 Å². The molecular formula is C23H14BrN5. The zero-order valence-corrected chi connectivity index (χ0v) is 17.3. The number of aromatic nitrogens is 1. The van der Waals surface area contributed by atoms with Gasteiger partial charge in [-0.25, -0.2) is 0 Å². The van der Waals surface area contributed by atoms with Crippen LogP contribution in [-0.4, -0.2) is 4.57 Å². The van der Waals surface area contributed by atoms with E-state index in [2.05, 4.69) is 15.9 Å². The van der Waals surface area contributed by atoms with E-state index in [-0.39, 0.29) is 17.2 Å². The molecule has 5 nitrogen and oxygen atoms in total. The average molecular weight is 440 g/mol. The molecule has 0 N–H and O–H groups in total. The third-order valence-corrected chi connectivity index (χ3v) is 5.28. The molecule has 2 aromatic carbocycles. The molecule has 0 saturated heterocycles. The molecule has 0 atom stereocenters. The quantitative estimate of drug-likeness (QED) is 0.600. The summed E-state index contributed by atoms with van der Waals surface area (Å²) in [4.78, 5) is 0. The van der Waals surface area contributed by atoms with Crippen molar-refractivity contribution in [3.63, 3.8) is 0 Å². The lowest BCUT2D eigenvalue weighted by molar-refractivity contribution is 0.577. The van der Waals surface area contributed by atoms with Crippen LogP contribution in [0.15, 0.2) is 46.9 Å². The lowest BCUT2D eigenvalue weighted by atomic mass is 10.0. The maximum atomic E-state index is 9.58. The third-order valence-electron chi connectivity index (χ3n) is 4.62. The summed E-state index contributed by atoms with van der Waals surface area (Å²) in [7, 11) is 0. The number of nitrogens with zero attached hydrogens (tertiary/aromatic N) is 5. The van der Waals surface area contributed by atoms with Gasteiger partial charge in [-0.15, -0.1) is 0 Å². The van der Waals surface area contributed by atoms with Crippen LogP contribution < -0.4 is 10.7 Å². The van der Waals surface area contributed by atoms with Gasteiger partial charge in [-0.2, -0.15) is 21.0 Å². The predicted octanol–water partition coefficient (Wildman–Crippen LogP) is 4.05. The third kappa shape index (κ3) is 3.28. The molecule has 0 aliphatic heterocycles. The second-order valence-corrected chi connectivity index (χ2v) is 7.46. The summed E-state index contributed by atoms with van der Waals surface area (Å²) in [5.41, 5.74) is 1.72. The zero-order chi connectivity index (χ0) is 21.1. The van der Waals surface area contributed by atoms with E-state index in [1.165, 1.54) is 0 Å². The van der Waals surface area contributed by atoms with E-state index < -0.39 is 0 Å². The maximum absolute atomic E-state index is 9.58. The van der Waals surface area contributed by atoms with Crippen molar-refractivity contribution in [2.24, 2.45) is 0 Å². The van der Waals surface area contributed by atoms with Gasteiger partial charge in [0, 0.05) is 21.3 Å². The number of nitriles is 4. The van der Waals surface area contributed by atoms with Crippen LogP contribution in [0.1, 0.15) is 19.9 Å². The van der Waals surface area contributed by atoms with Crippen molar-refractivity contribution in [1.82, 2.24) is 4.57 Å². The van der Waals surface area contributed by atoms with Crippen LogP contribution >= 0.6 is 15.9 Å². The molecule has 138 valence electrons. The summed E-state index contributed by atoms with van der Waals surface area (Å²) in [6.45, 7) is 3.77. The molecule has 0 unspecified atom stereocenters. The highest BCUT2D eigenvalue weighted by atomic mass is 79.9. The minimum Gasteiger partial charge on any atom is -0.335 e. The van der Waals surface area contributed by atoms with E-state index >= 15 is 0 Å². The van der Waals surface area contributed by atoms with Gasteiger partial charge >= 0.3 is 0 Å². The van der Waals surface area contributed by atoms with Gasteiger partial charge in [-0.1, -0.05) is 46.3 Å². The standard InChI is InChI=1S/C23H14BrN5/c1-14(2)29-22(16(10-25)11-26)19-8-18(15-6-4-3-5-7-15)21(24)9-20(19)23(29)17(12-27)13-28/h3-9,14H,1-2H3. The molecule has 0 bridgehead atoms. The van der Waals surface area contributed by atoms with Gasteiger partial charge in [0.2, 0.25) is 0 Å². The van der Waals surface area contributed by atoms with Gasteiger partial charge in [-0.05, 0) is 37.1 Å². The van der Waals surface area contributed by atoms with E-state index in [4.69, 9.17) is 0 Å². The van der Waals surface area contributed by atoms with E-state index in [1.807, 2.05) is 80.6 Å². The van der Waals surface area contributed by atoms with Crippen LogP contribution in [0.5, 0.6) is 0 Å². The van der Waals surface area contributed by atoms with Crippen molar-refractivity contribution in [2.45, 2.75) is 19.9 Å². The Hall–Kier alpha value is -3.84. The molecule has 1 heterocycles. The van der Waals surface area contributed by atoms with Crippen LogP contribution in [0.25, 0.3) is 33.0 Å². The minimum atomic E-state index is -0.181. The maximum Gasteiger partial charge on any atom is 0.153 e. The minimum absolute atomic E-state index is 0.0634. The van der Waals surface area contributed by atoms with E-state index in [0.29, 0.717) is 21.5 Å². The summed E-state index contributed by atoms with van der Waals surface area (Å²) >= 11 is 3.60. The van der Waals surface area contributed by atoms with Crippen LogP contribution in [0.4, 0.5) is 0 Å². The molecule has 0 aliphatic carbocycles. The second-order valence-electron chi connectivity index (χ2n) is 6.60. The van der Waals surface area contributed by atoms with Crippen molar-refractivity contribution in [1.29, 1.82) is 21.0 Å². The Kier molecular flexibility index (Phi) is 5.52. The van der Waals surface area contributed by atoms with Crippen molar-refractivity contribution >= 4 is 37.8 Å². The first-order chi connectivity index (χ1) is 14.0. The summed E-state index contributed by atoms with van der Waals surface area (Å²) in [5, 5.41) is 40.4. The normalized spacial score (nSPS) is 10.1. The van der Waals surface area contributed by atoms with Crippen LogP contribution in [0.3, 0.4) is 0 Å². The van der Waals surface area contributed by atoms with Gasteiger partial charge in [0.05, 0.1) is 10.7 Å². The molecule has 0 fully saturated rings. The molecule has 0 radical (unpaired) electrons. The highest BCUT2D eigenvalue weighted by Crippen LogP contribution is 2.31. The van der Waals surface area contributed by atoms with Gasteiger partial charge in [-0.3, -0.25) is 0 Å². The molecule has 3 aromatic rings. The fraction of sp³-hybridized carbons (Fsp3) is 0.130.